The minimum absolute atomic E-state index is 0.00815. The molecule has 0 aromatic heterocycles. The number of carbonyl (C=O) groups is 1. The Morgan fingerprint density at radius 1 is 1.00 bits per heavy atom. The van der Waals surface area contributed by atoms with Crippen LogP contribution in [0.15, 0.2) is 11.6 Å². The summed E-state index contributed by atoms with van der Waals surface area (Å²) in [6, 6.07) is 0. The summed E-state index contributed by atoms with van der Waals surface area (Å²) in [7, 11) is 0. The lowest BCUT2D eigenvalue weighted by Crippen LogP contribution is -2.68. The number of hydrogen-bond donors (Lipinski definition) is 4. The molecule has 4 saturated carbocycles. The predicted octanol–water partition coefficient (Wildman–Crippen LogP) is 5.03. The van der Waals surface area contributed by atoms with Crippen molar-refractivity contribution in [1.82, 2.24) is 0 Å². The monoisotopic (exact) mass is 488 g/mol. The second-order valence-electron chi connectivity index (χ2n) is 14.5. The van der Waals surface area contributed by atoms with Crippen LogP contribution in [0.25, 0.3) is 0 Å². The fraction of sp³-hybridized carbons (Fsp3) is 0.900. The summed E-state index contributed by atoms with van der Waals surface area (Å²) >= 11 is 0. The van der Waals surface area contributed by atoms with Crippen molar-refractivity contribution < 1.29 is 25.2 Å². The molecule has 5 rings (SSSR count). The van der Waals surface area contributed by atoms with E-state index < -0.39 is 29.0 Å². The third kappa shape index (κ3) is 2.95. The van der Waals surface area contributed by atoms with Crippen molar-refractivity contribution in [3.05, 3.63) is 11.6 Å². The Balaban J connectivity index is 1.62. The summed E-state index contributed by atoms with van der Waals surface area (Å²) in [6.07, 6.45) is 7.51. The summed E-state index contributed by atoms with van der Waals surface area (Å²) in [5.41, 5.74) is -0.214. The zero-order chi connectivity index (χ0) is 25.8. The van der Waals surface area contributed by atoms with Crippen LogP contribution in [0.4, 0.5) is 0 Å². The molecule has 0 bridgehead atoms. The van der Waals surface area contributed by atoms with E-state index in [4.69, 9.17) is 0 Å². The normalized spacial score (nSPS) is 57.7. The first kappa shape index (κ1) is 25.7. The smallest absolute Gasteiger partial charge is 0.310 e. The standard InChI is InChI=1S/C30H48O5/c1-17-9-12-30(25(34)35)14-13-28(5)19(23(30)18(17)2)7-8-22-26(3)15-20(32)24(33)27(4,16-31)21(26)10-11-29(22,28)6/h7,17-18,20-24,31-33H,8-16H2,1-6H3,(H,34,35)/t17-,18-,20-,21-,22-,23-,24-,26+,27+,28-,29-,30+/m1/s1. The van der Waals surface area contributed by atoms with E-state index in [9.17, 15) is 25.2 Å². The summed E-state index contributed by atoms with van der Waals surface area (Å²) < 4.78 is 0. The van der Waals surface area contributed by atoms with E-state index in [2.05, 4.69) is 40.7 Å². The molecule has 0 aromatic carbocycles. The van der Waals surface area contributed by atoms with Crippen LogP contribution in [-0.2, 0) is 4.79 Å². The average molecular weight is 489 g/mol. The van der Waals surface area contributed by atoms with Gasteiger partial charge < -0.3 is 20.4 Å². The largest absolute Gasteiger partial charge is 0.481 e. The van der Waals surface area contributed by atoms with Crippen molar-refractivity contribution in [3.8, 4) is 0 Å². The Labute approximate surface area is 211 Å². The lowest BCUT2D eigenvalue weighted by atomic mass is 9.33. The number of hydrogen-bond acceptors (Lipinski definition) is 4. The van der Waals surface area contributed by atoms with Crippen LogP contribution in [0.2, 0.25) is 0 Å². The summed E-state index contributed by atoms with van der Waals surface area (Å²) in [5, 5.41) is 42.9. The Kier molecular flexibility index (Phi) is 5.73. The predicted molar refractivity (Wildman–Crippen MR) is 135 cm³/mol. The molecule has 0 heterocycles. The molecular weight excluding hydrogens is 440 g/mol. The van der Waals surface area contributed by atoms with E-state index in [-0.39, 0.29) is 34.7 Å². The molecule has 4 fully saturated rings. The fourth-order valence-electron chi connectivity index (χ4n) is 11.0. The van der Waals surface area contributed by atoms with Gasteiger partial charge in [-0.1, -0.05) is 53.2 Å². The highest BCUT2D eigenvalue weighted by atomic mass is 16.4. The van der Waals surface area contributed by atoms with Gasteiger partial charge in [-0.15, -0.1) is 0 Å². The molecule has 5 heteroatoms. The maximum atomic E-state index is 12.8. The Morgan fingerprint density at radius 3 is 2.31 bits per heavy atom. The van der Waals surface area contributed by atoms with Gasteiger partial charge in [-0.3, -0.25) is 4.79 Å². The molecule has 5 nitrogen and oxygen atoms in total. The van der Waals surface area contributed by atoms with Gasteiger partial charge in [0, 0.05) is 5.41 Å². The highest BCUT2D eigenvalue weighted by Crippen LogP contribution is 2.75. The van der Waals surface area contributed by atoms with Gasteiger partial charge in [0.25, 0.3) is 0 Å². The quantitative estimate of drug-likeness (QED) is 0.409. The van der Waals surface area contributed by atoms with Gasteiger partial charge in [0.05, 0.1) is 24.2 Å². The molecule has 0 amide bonds. The molecule has 5 aliphatic rings. The van der Waals surface area contributed by atoms with Crippen LogP contribution < -0.4 is 0 Å². The fourth-order valence-corrected chi connectivity index (χ4v) is 11.0. The molecule has 0 aliphatic heterocycles. The van der Waals surface area contributed by atoms with Crippen molar-refractivity contribution in [3.63, 3.8) is 0 Å². The first-order valence-corrected chi connectivity index (χ1v) is 14.1. The number of carboxylic acids is 1. The highest BCUT2D eigenvalue weighted by molar-refractivity contribution is 5.76. The van der Waals surface area contributed by atoms with Crippen molar-refractivity contribution in [2.45, 2.75) is 105 Å². The van der Waals surface area contributed by atoms with E-state index in [1.54, 1.807) is 0 Å². The first-order valence-electron chi connectivity index (χ1n) is 14.1. The average Bonchev–Trinajstić information content (AvgIpc) is 2.80. The van der Waals surface area contributed by atoms with Crippen molar-refractivity contribution >= 4 is 5.97 Å². The van der Waals surface area contributed by atoms with Crippen LogP contribution in [0.3, 0.4) is 0 Å². The van der Waals surface area contributed by atoms with Gasteiger partial charge in [-0.2, -0.15) is 0 Å². The maximum Gasteiger partial charge on any atom is 0.310 e. The second kappa shape index (κ2) is 7.80. The van der Waals surface area contributed by atoms with Crippen LogP contribution in [-0.4, -0.2) is 45.2 Å². The van der Waals surface area contributed by atoms with Crippen molar-refractivity contribution in [2.24, 2.45) is 56.7 Å². The molecule has 0 spiro atoms. The molecule has 198 valence electrons. The third-order valence-electron chi connectivity index (χ3n) is 13.5. The summed E-state index contributed by atoms with van der Waals surface area (Å²) in [5.74, 6) is 0.828. The number of carboxylic acid groups (broad SMARTS) is 1. The summed E-state index contributed by atoms with van der Waals surface area (Å²) in [4.78, 5) is 12.8. The van der Waals surface area contributed by atoms with Crippen LogP contribution in [0.1, 0.15) is 92.9 Å². The van der Waals surface area contributed by atoms with Crippen LogP contribution in [0, 0.1) is 56.7 Å². The second-order valence-corrected chi connectivity index (χ2v) is 14.5. The van der Waals surface area contributed by atoms with E-state index >= 15 is 0 Å². The van der Waals surface area contributed by atoms with Gasteiger partial charge in [-0.25, -0.2) is 0 Å². The number of rotatable bonds is 2. The lowest BCUT2D eigenvalue weighted by molar-refractivity contribution is -0.244. The third-order valence-corrected chi connectivity index (χ3v) is 13.5. The molecule has 0 aromatic rings. The Hall–Kier alpha value is -0.910. The zero-order valence-corrected chi connectivity index (χ0v) is 22.7. The number of fused-ring (bicyclic) bond motifs is 7. The van der Waals surface area contributed by atoms with Crippen molar-refractivity contribution in [2.75, 3.05) is 6.61 Å². The molecule has 4 N–H and O–H groups in total. The molecule has 12 atom stereocenters. The van der Waals surface area contributed by atoms with Gasteiger partial charge in [0.1, 0.15) is 0 Å². The van der Waals surface area contributed by atoms with E-state index in [1.807, 2.05) is 6.92 Å². The SMILES string of the molecule is C[C@@H]1[C@H](C)CC[C@]2(C(=O)O)CC[C@]3(C)C(=CC[C@@H]4[C@@]5(C)C[C@@H](O)[C@@H](O)[C@@](C)(CO)[C@@H]5CC[C@]43C)[C@@H]12. The van der Waals surface area contributed by atoms with Gasteiger partial charge in [0.2, 0.25) is 0 Å². The van der Waals surface area contributed by atoms with Crippen LogP contribution in [0.5, 0.6) is 0 Å². The Morgan fingerprint density at radius 2 is 1.69 bits per heavy atom. The molecule has 0 unspecified atom stereocenters. The van der Waals surface area contributed by atoms with E-state index in [0.717, 1.165) is 44.9 Å². The number of aliphatic hydroxyl groups excluding tert-OH is 3. The molecule has 0 radical (unpaired) electrons. The number of aliphatic carboxylic acids is 1. The van der Waals surface area contributed by atoms with Gasteiger partial charge in [0.15, 0.2) is 0 Å². The minimum Gasteiger partial charge on any atom is -0.481 e. The van der Waals surface area contributed by atoms with Gasteiger partial charge in [-0.05, 0) is 97.2 Å². The van der Waals surface area contributed by atoms with Crippen molar-refractivity contribution in [1.29, 1.82) is 0 Å². The van der Waals surface area contributed by atoms with Crippen LogP contribution >= 0.6 is 0 Å². The van der Waals surface area contributed by atoms with Gasteiger partial charge >= 0.3 is 5.97 Å². The van der Waals surface area contributed by atoms with E-state index in [1.165, 1.54) is 5.57 Å². The molecule has 0 saturated heterocycles. The molecular formula is C30H48O5. The number of allylic oxidation sites excluding steroid dienone is 2. The zero-order valence-electron chi connectivity index (χ0n) is 22.7. The highest BCUT2D eigenvalue weighted by Gasteiger charge is 2.70. The lowest BCUT2D eigenvalue weighted by Gasteiger charge is -2.71. The maximum absolute atomic E-state index is 12.8. The summed E-state index contributed by atoms with van der Waals surface area (Å²) in [6.45, 7) is 13.6. The number of aliphatic hydroxyl groups is 3. The Bertz CT molecular complexity index is 930. The minimum atomic E-state index is -0.907. The molecule has 35 heavy (non-hydrogen) atoms. The van der Waals surface area contributed by atoms with E-state index in [0.29, 0.717) is 24.2 Å². The topological polar surface area (TPSA) is 98.0 Å². The molecule has 5 aliphatic carbocycles. The first-order chi connectivity index (χ1) is 16.2.